The molecule has 2 aromatic heterocycles. The van der Waals surface area contributed by atoms with E-state index in [-0.39, 0.29) is 21.7 Å². The second-order valence-corrected chi connectivity index (χ2v) is 5.25. The van der Waals surface area contributed by atoms with Crippen LogP contribution in [0.2, 0.25) is 0 Å². The van der Waals surface area contributed by atoms with Gasteiger partial charge in [-0.3, -0.25) is 0 Å². The van der Waals surface area contributed by atoms with Crippen LogP contribution in [0, 0.1) is 35.4 Å². The van der Waals surface area contributed by atoms with Gasteiger partial charge in [-0.2, -0.15) is 0 Å². The Labute approximate surface area is 168 Å². The quantitative estimate of drug-likeness (QED) is 0.250. The Morgan fingerprint density at radius 3 is 1.04 bits per heavy atom. The fourth-order valence-corrected chi connectivity index (χ4v) is 2.29. The van der Waals surface area contributed by atoms with Gasteiger partial charge in [0.15, 0.2) is 0 Å². The normalized spacial score (nSPS) is 9.93. The maximum Gasteiger partial charge on any atom is 2.00 e. The van der Waals surface area contributed by atoms with Gasteiger partial charge >= 0.3 is 21.7 Å². The number of hydrogen-bond acceptors (Lipinski definition) is 0. The molecule has 0 aliphatic rings. The average molecular weight is 404 g/mol. The van der Waals surface area contributed by atoms with Gasteiger partial charge in [-0.1, -0.05) is 11.4 Å². The summed E-state index contributed by atoms with van der Waals surface area (Å²) in [5.74, 6) is -2.76. The maximum atomic E-state index is 12.7. The third kappa shape index (κ3) is 5.71. The van der Waals surface area contributed by atoms with Crippen molar-refractivity contribution in [2.75, 3.05) is 0 Å². The van der Waals surface area contributed by atoms with Gasteiger partial charge in [0.1, 0.15) is 0 Å². The second-order valence-electron chi connectivity index (χ2n) is 5.25. The Hall–Kier alpha value is -2.57. The molecule has 27 heavy (non-hydrogen) atoms. The number of hydrogen-bond donors (Lipinski definition) is 0. The van der Waals surface area contributed by atoms with Gasteiger partial charge in [0.2, 0.25) is 0 Å². The molecular formula is C20H12F4N2Ti. The number of halogens is 4. The van der Waals surface area contributed by atoms with Crippen molar-refractivity contribution in [1.82, 2.24) is 9.13 Å². The Morgan fingerprint density at radius 1 is 0.519 bits per heavy atom. The molecule has 2 nitrogen and oxygen atoms in total. The van der Waals surface area contributed by atoms with Crippen LogP contribution in [-0.4, -0.2) is 9.13 Å². The van der Waals surface area contributed by atoms with Crippen molar-refractivity contribution in [1.29, 1.82) is 0 Å². The van der Waals surface area contributed by atoms with Crippen molar-refractivity contribution >= 4 is 0 Å². The van der Waals surface area contributed by atoms with Crippen LogP contribution in [-0.2, 0) is 21.7 Å². The van der Waals surface area contributed by atoms with Crippen LogP contribution in [0.4, 0.5) is 17.6 Å². The molecular weight excluding hydrogens is 392 g/mol. The summed E-state index contributed by atoms with van der Waals surface area (Å²) in [5, 5.41) is 0. The molecule has 2 heterocycles. The van der Waals surface area contributed by atoms with E-state index in [9.17, 15) is 17.6 Å². The number of nitrogens with zero attached hydrogens (tertiary/aromatic N) is 2. The minimum atomic E-state index is -0.691. The summed E-state index contributed by atoms with van der Waals surface area (Å²) in [4.78, 5) is 0. The first kappa shape index (κ1) is 20.7. The molecule has 0 bridgehead atoms. The molecule has 134 valence electrons. The van der Waals surface area contributed by atoms with Gasteiger partial charge in [0.05, 0.1) is 0 Å². The van der Waals surface area contributed by atoms with Crippen molar-refractivity contribution in [3.8, 4) is 11.4 Å². The van der Waals surface area contributed by atoms with Crippen molar-refractivity contribution in [3.63, 3.8) is 0 Å². The van der Waals surface area contributed by atoms with Crippen LogP contribution in [0.3, 0.4) is 0 Å². The van der Waals surface area contributed by atoms with E-state index >= 15 is 0 Å². The predicted octanol–water partition coefficient (Wildman–Crippen LogP) is 5.11. The molecule has 4 aromatic rings. The van der Waals surface area contributed by atoms with E-state index in [0.717, 1.165) is 0 Å². The zero-order valence-corrected chi connectivity index (χ0v) is 15.4. The van der Waals surface area contributed by atoms with Crippen LogP contribution in [0.15, 0.2) is 73.3 Å². The topological polar surface area (TPSA) is 9.86 Å². The molecule has 0 aliphatic carbocycles. The summed E-state index contributed by atoms with van der Waals surface area (Å²) in [7, 11) is 0. The molecule has 0 N–H and O–H groups in total. The third-order valence-corrected chi connectivity index (χ3v) is 3.38. The predicted molar refractivity (Wildman–Crippen MR) is 89.0 cm³/mol. The first-order chi connectivity index (χ1) is 12.5. The molecule has 0 aliphatic heterocycles. The zero-order chi connectivity index (χ0) is 18.5. The van der Waals surface area contributed by atoms with Crippen molar-refractivity contribution in [2.45, 2.75) is 0 Å². The van der Waals surface area contributed by atoms with E-state index in [2.05, 4.69) is 0 Å². The van der Waals surface area contributed by atoms with E-state index in [0.29, 0.717) is 11.4 Å². The van der Waals surface area contributed by atoms with Crippen molar-refractivity contribution < 1.29 is 39.3 Å². The molecule has 0 fully saturated rings. The molecule has 0 atom stereocenters. The van der Waals surface area contributed by atoms with E-state index in [4.69, 9.17) is 0 Å². The fraction of sp³-hybridized carbons (Fsp3) is 0. The van der Waals surface area contributed by atoms with Gasteiger partial charge in [-0.15, -0.1) is 36.4 Å². The first-order valence-electron chi connectivity index (χ1n) is 7.55. The van der Waals surface area contributed by atoms with Gasteiger partial charge in [-0.25, -0.2) is 17.6 Å². The molecule has 0 radical (unpaired) electrons. The molecule has 0 spiro atoms. The van der Waals surface area contributed by atoms with Crippen LogP contribution in [0.1, 0.15) is 0 Å². The number of rotatable bonds is 2. The van der Waals surface area contributed by atoms with Crippen molar-refractivity contribution in [2.24, 2.45) is 0 Å². The molecule has 0 saturated heterocycles. The molecule has 2 aromatic carbocycles. The standard InChI is InChI=1S/2C10H6F2N.Ti/c2*11-8-5-9(12)7-10(6-8)13-3-1-2-4-13;/h2*1-4,6-7H;/q2*-1;+2. The van der Waals surface area contributed by atoms with Gasteiger partial charge < -0.3 is 9.13 Å². The average Bonchev–Trinajstić information content (AvgIpc) is 3.28. The van der Waals surface area contributed by atoms with Gasteiger partial charge in [0.25, 0.3) is 0 Å². The number of benzene rings is 2. The third-order valence-electron chi connectivity index (χ3n) is 3.38. The van der Waals surface area contributed by atoms with Crippen LogP contribution < -0.4 is 0 Å². The Balaban J connectivity index is 0.000000187. The monoisotopic (exact) mass is 404 g/mol. The van der Waals surface area contributed by atoms with Gasteiger partial charge in [0, 0.05) is 48.1 Å². The van der Waals surface area contributed by atoms with E-state index in [1.54, 1.807) is 58.2 Å². The first-order valence-corrected chi connectivity index (χ1v) is 7.55. The molecule has 4 rings (SSSR count). The SMILES string of the molecule is Fc1[c-]c(F)cc(-n2cccc2)c1.Fc1[c-]c(F)cc(-n2cccc2)c1.[Ti+2]. The smallest absolute Gasteiger partial charge is 0.347 e. The zero-order valence-electron chi connectivity index (χ0n) is 13.8. The van der Waals surface area contributed by atoms with Crippen molar-refractivity contribution in [3.05, 3.63) is 109 Å². The van der Waals surface area contributed by atoms with Crippen LogP contribution >= 0.6 is 0 Å². The Kier molecular flexibility index (Phi) is 7.22. The van der Waals surface area contributed by atoms with Crippen LogP contribution in [0.25, 0.3) is 11.4 Å². The molecule has 7 heteroatoms. The minimum absolute atomic E-state index is 0. The molecule has 0 saturated carbocycles. The summed E-state index contributed by atoms with van der Waals surface area (Å²) in [6.45, 7) is 0. The van der Waals surface area contributed by atoms with E-state index < -0.39 is 23.3 Å². The Morgan fingerprint density at radius 2 is 0.778 bits per heavy atom. The van der Waals surface area contributed by atoms with E-state index in [1.165, 1.54) is 24.3 Å². The minimum Gasteiger partial charge on any atom is -0.347 e. The summed E-state index contributed by atoms with van der Waals surface area (Å²) in [6.07, 6.45) is 6.87. The Bertz CT molecular complexity index is 861. The number of aromatic nitrogens is 2. The summed E-state index contributed by atoms with van der Waals surface area (Å²) in [6, 6.07) is 15.9. The second kappa shape index (κ2) is 9.39. The molecule has 0 amide bonds. The summed E-state index contributed by atoms with van der Waals surface area (Å²) >= 11 is 0. The summed E-state index contributed by atoms with van der Waals surface area (Å²) < 4.78 is 54.1. The van der Waals surface area contributed by atoms with E-state index in [1.807, 2.05) is 12.1 Å². The fourth-order valence-electron chi connectivity index (χ4n) is 2.29. The molecule has 0 unspecified atom stereocenters. The van der Waals surface area contributed by atoms with Gasteiger partial charge in [-0.05, 0) is 24.3 Å². The summed E-state index contributed by atoms with van der Waals surface area (Å²) in [5.41, 5.74) is 0.914. The maximum absolute atomic E-state index is 12.7. The van der Waals surface area contributed by atoms with Crippen LogP contribution in [0.5, 0.6) is 0 Å². The largest absolute Gasteiger partial charge is 2.00 e.